The Balaban J connectivity index is 1.62. The van der Waals surface area contributed by atoms with Crippen LogP contribution in [0.2, 0.25) is 0 Å². The zero-order chi connectivity index (χ0) is 26.9. The summed E-state index contributed by atoms with van der Waals surface area (Å²) >= 11 is 0. The molecule has 2 aromatic rings. The van der Waals surface area contributed by atoms with Gasteiger partial charge in [0.15, 0.2) is 15.3 Å². The standard InChI is InChI=1S/C23H23F3N4O6S/c1-37(34,35)20-8-23(36-30(20)10-13-15(25)5-12(24)6-16(13)26)3-2-4-28-11-19(23)29-9-14(21(27)32)18(31)7-17(29)22(28)33/h5-7,9,19-20H,2-4,8,10-11H2,1H3,(H2,27,32). The van der Waals surface area contributed by atoms with Gasteiger partial charge < -0.3 is 15.2 Å². The Morgan fingerprint density at radius 3 is 2.49 bits per heavy atom. The number of fused-ring (bicyclic) bond motifs is 5. The van der Waals surface area contributed by atoms with E-state index in [-0.39, 0.29) is 30.6 Å². The third-order valence-electron chi connectivity index (χ3n) is 7.27. The van der Waals surface area contributed by atoms with E-state index in [0.29, 0.717) is 25.1 Å². The molecule has 1 aromatic carbocycles. The lowest BCUT2D eigenvalue weighted by Gasteiger charge is -2.41. The molecule has 1 spiro atoms. The zero-order valence-corrected chi connectivity index (χ0v) is 20.4. The molecule has 37 heavy (non-hydrogen) atoms. The number of nitrogens with two attached hydrogens (primary N) is 1. The highest BCUT2D eigenvalue weighted by atomic mass is 32.2. The van der Waals surface area contributed by atoms with E-state index < -0.39 is 73.7 Å². The fourth-order valence-electron chi connectivity index (χ4n) is 5.50. The Bertz CT molecular complexity index is 1470. The molecular formula is C23H23F3N4O6S. The number of carbonyl (C=O) groups excluding carboxylic acids is 2. The molecule has 14 heteroatoms. The fourth-order valence-corrected chi connectivity index (χ4v) is 6.63. The summed E-state index contributed by atoms with van der Waals surface area (Å²) in [4.78, 5) is 45.1. The van der Waals surface area contributed by atoms with Crippen LogP contribution in [0.25, 0.3) is 0 Å². The number of sulfone groups is 1. The Hall–Kier alpha value is -3.23. The van der Waals surface area contributed by atoms with E-state index in [1.54, 1.807) is 0 Å². The van der Waals surface area contributed by atoms with Crippen LogP contribution in [0.1, 0.15) is 51.7 Å². The summed E-state index contributed by atoms with van der Waals surface area (Å²) in [5.41, 5.74) is 2.40. The number of pyridine rings is 1. The van der Waals surface area contributed by atoms with Gasteiger partial charge in [0.25, 0.3) is 11.8 Å². The van der Waals surface area contributed by atoms with Crippen molar-refractivity contribution in [1.29, 1.82) is 0 Å². The average molecular weight is 541 g/mol. The highest BCUT2D eigenvalue weighted by Crippen LogP contribution is 2.48. The summed E-state index contributed by atoms with van der Waals surface area (Å²) in [6, 6.07) is 1.26. The molecule has 3 unspecified atom stereocenters. The second-order valence-electron chi connectivity index (χ2n) is 9.65. The summed E-state index contributed by atoms with van der Waals surface area (Å²) in [7, 11) is -3.87. The third kappa shape index (κ3) is 4.22. The van der Waals surface area contributed by atoms with E-state index >= 15 is 0 Å². The van der Waals surface area contributed by atoms with Gasteiger partial charge in [-0.2, -0.15) is 5.06 Å². The molecule has 2 saturated heterocycles. The van der Waals surface area contributed by atoms with Crippen LogP contribution in [0, 0.1) is 17.5 Å². The van der Waals surface area contributed by atoms with Crippen molar-refractivity contribution >= 4 is 21.7 Å². The minimum atomic E-state index is -3.87. The number of aromatic nitrogens is 1. The predicted molar refractivity (Wildman–Crippen MR) is 122 cm³/mol. The van der Waals surface area contributed by atoms with Crippen molar-refractivity contribution in [2.75, 3.05) is 19.3 Å². The summed E-state index contributed by atoms with van der Waals surface area (Å²) in [5, 5.41) is -0.350. The van der Waals surface area contributed by atoms with Crippen LogP contribution < -0.4 is 11.2 Å². The first-order valence-corrected chi connectivity index (χ1v) is 13.4. The highest BCUT2D eigenvalue weighted by molar-refractivity contribution is 7.91. The molecule has 3 aliphatic heterocycles. The second-order valence-corrected chi connectivity index (χ2v) is 11.8. The normalized spacial score (nSPS) is 25.8. The van der Waals surface area contributed by atoms with Crippen LogP contribution in [0.3, 0.4) is 0 Å². The molecule has 3 atom stereocenters. The van der Waals surface area contributed by atoms with Gasteiger partial charge >= 0.3 is 0 Å². The lowest BCUT2D eigenvalue weighted by molar-refractivity contribution is -0.221. The van der Waals surface area contributed by atoms with Crippen LogP contribution in [0.5, 0.6) is 0 Å². The number of nitrogens with zero attached hydrogens (tertiary/aromatic N) is 3. The number of hydrogen-bond acceptors (Lipinski definition) is 7. The van der Waals surface area contributed by atoms with Gasteiger partial charge in [-0.3, -0.25) is 19.2 Å². The Morgan fingerprint density at radius 2 is 1.86 bits per heavy atom. The molecule has 2 fully saturated rings. The molecular weight excluding hydrogens is 517 g/mol. The highest BCUT2D eigenvalue weighted by Gasteiger charge is 2.57. The van der Waals surface area contributed by atoms with Crippen LogP contribution in [-0.2, 0) is 21.2 Å². The van der Waals surface area contributed by atoms with Crippen LogP contribution in [-0.4, -0.2) is 65.1 Å². The lowest BCUT2D eigenvalue weighted by Crippen LogP contribution is -2.51. The topological polar surface area (TPSA) is 132 Å². The Morgan fingerprint density at radius 1 is 1.19 bits per heavy atom. The number of primary amides is 1. The maximum atomic E-state index is 14.5. The number of hydroxylamine groups is 2. The molecule has 3 aliphatic rings. The van der Waals surface area contributed by atoms with Crippen molar-refractivity contribution in [2.24, 2.45) is 5.73 Å². The summed E-state index contributed by atoms with van der Waals surface area (Å²) in [6.45, 7) is -0.246. The van der Waals surface area contributed by atoms with E-state index in [4.69, 9.17) is 10.6 Å². The van der Waals surface area contributed by atoms with Gasteiger partial charge in [-0.1, -0.05) is 0 Å². The molecule has 2 amide bonds. The van der Waals surface area contributed by atoms with Gasteiger partial charge in [-0.05, 0) is 12.8 Å². The molecule has 0 aliphatic carbocycles. The molecule has 198 valence electrons. The molecule has 0 radical (unpaired) electrons. The summed E-state index contributed by atoms with van der Waals surface area (Å²) in [5.74, 6) is -4.95. The zero-order valence-electron chi connectivity index (χ0n) is 19.6. The van der Waals surface area contributed by atoms with Crippen molar-refractivity contribution in [3.63, 3.8) is 0 Å². The van der Waals surface area contributed by atoms with E-state index in [1.807, 2.05) is 0 Å². The van der Waals surface area contributed by atoms with Gasteiger partial charge in [0, 0.05) is 55.7 Å². The maximum absolute atomic E-state index is 14.5. The van der Waals surface area contributed by atoms with Gasteiger partial charge in [0.2, 0.25) is 0 Å². The summed E-state index contributed by atoms with van der Waals surface area (Å²) < 4.78 is 69.3. The van der Waals surface area contributed by atoms with Gasteiger partial charge in [-0.25, -0.2) is 21.6 Å². The van der Waals surface area contributed by atoms with E-state index in [9.17, 15) is 36.0 Å². The van der Waals surface area contributed by atoms with Gasteiger partial charge in [0.1, 0.15) is 39.7 Å². The first-order chi connectivity index (χ1) is 17.3. The molecule has 2 bridgehead atoms. The monoisotopic (exact) mass is 540 g/mol. The Labute approximate surface area is 209 Å². The van der Waals surface area contributed by atoms with Crippen molar-refractivity contribution in [2.45, 2.75) is 42.8 Å². The van der Waals surface area contributed by atoms with E-state index in [1.165, 1.54) is 15.7 Å². The second kappa shape index (κ2) is 8.67. The van der Waals surface area contributed by atoms with Crippen molar-refractivity contribution in [1.82, 2.24) is 14.5 Å². The minimum Gasteiger partial charge on any atom is -0.365 e. The Kier molecular flexibility index (Phi) is 5.96. The van der Waals surface area contributed by atoms with Crippen molar-refractivity contribution in [3.05, 3.63) is 68.9 Å². The predicted octanol–water partition coefficient (Wildman–Crippen LogP) is 1.10. The first kappa shape index (κ1) is 25.4. The number of benzene rings is 1. The van der Waals surface area contributed by atoms with Crippen molar-refractivity contribution in [3.8, 4) is 0 Å². The minimum absolute atomic E-state index is 0.0129. The third-order valence-corrected chi connectivity index (χ3v) is 8.66. The smallest absolute Gasteiger partial charge is 0.270 e. The van der Waals surface area contributed by atoms with Crippen molar-refractivity contribution < 1.29 is 36.0 Å². The van der Waals surface area contributed by atoms with Crippen LogP contribution >= 0.6 is 0 Å². The van der Waals surface area contributed by atoms with Gasteiger partial charge in [-0.15, -0.1) is 0 Å². The van der Waals surface area contributed by atoms with Crippen LogP contribution in [0.4, 0.5) is 13.2 Å². The quantitative estimate of drug-likeness (QED) is 0.614. The first-order valence-electron chi connectivity index (χ1n) is 11.4. The number of rotatable bonds is 4. The number of halogens is 3. The number of hydrogen-bond donors (Lipinski definition) is 1. The molecule has 4 heterocycles. The number of carbonyl (C=O) groups is 2. The van der Waals surface area contributed by atoms with E-state index in [2.05, 4.69) is 0 Å². The molecule has 5 rings (SSSR count). The molecule has 1 aromatic heterocycles. The molecule has 2 N–H and O–H groups in total. The number of amides is 2. The van der Waals surface area contributed by atoms with E-state index in [0.717, 1.165) is 17.4 Å². The van der Waals surface area contributed by atoms with Crippen LogP contribution in [0.15, 0.2) is 29.2 Å². The lowest BCUT2D eigenvalue weighted by atomic mass is 9.86. The maximum Gasteiger partial charge on any atom is 0.270 e. The fraction of sp³-hybridized carbons (Fsp3) is 0.435. The average Bonchev–Trinajstić information content (AvgIpc) is 3.08. The molecule has 10 nitrogen and oxygen atoms in total. The summed E-state index contributed by atoms with van der Waals surface area (Å²) in [6.07, 6.45) is 2.69. The SMILES string of the molecule is CS(=O)(=O)C1CC2(CCCN3CC2n2cc(C(N)=O)c(=O)cc2C3=O)ON1Cc1c(F)cc(F)cc1F. The largest absolute Gasteiger partial charge is 0.365 e. The molecule has 0 saturated carbocycles. The van der Waals surface area contributed by atoms with Gasteiger partial charge in [0.05, 0.1) is 12.6 Å².